The number of hydrogen-bond acceptors (Lipinski definition) is 4. The first kappa shape index (κ1) is 19.2. The third-order valence-electron chi connectivity index (χ3n) is 3.39. The number of furan rings is 1. The van der Waals surface area contributed by atoms with Crippen molar-refractivity contribution in [3.8, 4) is 0 Å². The highest BCUT2D eigenvalue weighted by Crippen LogP contribution is 2.16. The van der Waals surface area contributed by atoms with Gasteiger partial charge in [-0.3, -0.25) is 9.59 Å². The first-order chi connectivity index (χ1) is 10.8. The van der Waals surface area contributed by atoms with E-state index in [4.69, 9.17) is 9.15 Å². The van der Waals surface area contributed by atoms with Crippen molar-refractivity contribution in [3.63, 3.8) is 0 Å². The molecule has 1 aromatic rings. The fourth-order valence-corrected chi connectivity index (χ4v) is 2.36. The van der Waals surface area contributed by atoms with Gasteiger partial charge in [-0.25, -0.2) is 0 Å². The van der Waals surface area contributed by atoms with Crippen molar-refractivity contribution in [3.05, 3.63) is 23.2 Å². The maximum atomic E-state index is 12.7. The number of amides is 2. The number of hydrogen-bond donors (Lipinski definition) is 1. The van der Waals surface area contributed by atoms with Crippen molar-refractivity contribution in [2.24, 2.45) is 0 Å². The summed E-state index contributed by atoms with van der Waals surface area (Å²) in [6.45, 7) is 8.92. The number of nitrogens with zero attached hydrogens (tertiary/aromatic N) is 1. The molecule has 0 saturated carbocycles. The summed E-state index contributed by atoms with van der Waals surface area (Å²) < 4.78 is 10.5. The van der Waals surface area contributed by atoms with Gasteiger partial charge in [0.05, 0.1) is 5.56 Å². The van der Waals surface area contributed by atoms with Crippen LogP contribution < -0.4 is 5.32 Å². The molecule has 1 aromatic heterocycles. The Morgan fingerprint density at radius 3 is 2.52 bits per heavy atom. The Hall–Kier alpha value is -1.82. The van der Waals surface area contributed by atoms with Gasteiger partial charge in [0.1, 0.15) is 11.5 Å². The monoisotopic (exact) mass is 324 g/mol. The van der Waals surface area contributed by atoms with Crippen molar-refractivity contribution in [1.29, 1.82) is 0 Å². The lowest BCUT2D eigenvalue weighted by Gasteiger charge is -2.22. The number of aryl methyl sites for hydroxylation is 2. The standard InChI is InChI=1S/C17H28N2O4/c1-12(2)18-16(20)7-9-19(8-6-10-22-5)17(21)15-11-13(3)23-14(15)4/h11-12H,6-10H2,1-5H3,(H,18,20). The zero-order chi connectivity index (χ0) is 17.4. The third kappa shape index (κ3) is 6.44. The lowest BCUT2D eigenvalue weighted by atomic mass is 10.2. The second kappa shape index (κ2) is 9.35. The van der Waals surface area contributed by atoms with E-state index in [0.29, 0.717) is 36.8 Å². The van der Waals surface area contributed by atoms with E-state index in [0.717, 1.165) is 6.42 Å². The van der Waals surface area contributed by atoms with E-state index in [-0.39, 0.29) is 24.3 Å². The van der Waals surface area contributed by atoms with Gasteiger partial charge in [0.25, 0.3) is 5.91 Å². The molecule has 130 valence electrons. The van der Waals surface area contributed by atoms with Crippen LogP contribution in [-0.2, 0) is 9.53 Å². The van der Waals surface area contributed by atoms with Gasteiger partial charge in [-0.05, 0) is 40.2 Å². The second-order valence-corrected chi connectivity index (χ2v) is 5.94. The summed E-state index contributed by atoms with van der Waals surface area (Å²) in [5.74, 6) is 1.16. The normalized spacial score (nSPS) is 10.9. The highest BCUT2D eigenvalue weighted by molar-refractivity contribution is 5.95. The Bertz CT molecular complexity index is 523. The summed E-state index contributed by atoms with van der Waals surface area (Å²) >= 11 is 0. The molecule has 0 aliphatic rings. The molecule has 0 radical (unpaired) electrons. The summed E-state index contributed by atoms with van der Waals surface area (Å²) in [7, 11) is 1.63. The summed E-state index contributed by atoms with van der Waals surface area (Å²) in [5, 5.41) is 2.84. The Balaban J connectivity index is 2.72. The molecule has 0 aliphatic carbocycles. The highest BCUT2D eigenvalue weighted by Gasteiger charge is 2.21. The van der Waals surface area contributed by atoms with Crippen LogP contribution in [0.15, 0.2) is 10.5 Å². The molecule has 6 heteroatoms. The molecule has 1 N–H and O–H groups in total. The maximum Gasteiger partial charge on any atom is 0.257 e. The summed E-state index contributed by atoms with van der Waals surface area (Å²) in [6, 6.07) is 1.84. The van der Waals surface area contributed by atoms with E-state index in [1.54, 1.807) is 25.0 Å². The summed E-state index contributed by atoms with van der Waals surface area (Å²) in [6.07, 6.45) is 1.01. The van der Waals surface area contributed by atoms with E-state index in [2.05, 4.69) is 5.32 Å². The van der Waals surface area contributed by atoms with Gasteiger partial charge in [-0.1, -0.05) is 0 Å². The van der Waals surface area contributed by atoms with Gasteiger partial charge in [0.2, 0.25) is 5.91 Å². The van der Waals surface area contributed by atoms with Crippen molar-refractivity contribution in [1.82, 2.24) is 10.2 Å². The minimum absolute atomic E-state index is 0.0513. The molecule has 1 heterocycles. The predicted molar refractivity (Wildman–Crippen MR) is 88.5 cm³/mol. The minimum atomic E-state index is -0.104. The van der Waals surface area contributed by atoms with E-state index in [1.807, 2.05) is 20.8 Å². The Morgan fingerprint density at radius 2 is 2.00 bits per heavy atom. The zero-order valence-electron chi connectivity index (χ0n) is 14.8. The van der Waals surface area contributed by atoms with Crippen LogP contribution in [0.2, 0.25) is 0 Å². The van der Waals surface area contributed by atoms with Crippen molar-refractivity contribution in [2.75, 3.05) is 26.8 Å². The lowest BCUT2D eigenvalue weighted by molar-refractivity contribution is -0.121. The number of rotatable bonds is 9. The lowest BCUT2D eigenvalue weighted by Crippen LogP contribution is -2.37. The zero-order valence-corrected chi connectivity index (χ0v) is 14.8. The van der Waals surface area contributed by atoms with Crippen LogP contribution >= 0.6 is 0 Å². The molecule has 23 heavy (non-hydrogen) atoms. The van der Waals surface area contributed by atoms with Gasteiger partial charge in [-0.15, -0.1) is 0 Å². The number of methoxy groups -OCH3 is 1. The summed E-state index contributed by atoms with van der Waals surface area (Å²) in [4.78, 5) is 26.2. The van der Waals surface area contributed by atoms with Crippen LogP contribution in [0.3, 0.4) is 0 Å². The van der Waals surface area contributed by atoms with Crippen LogP contribution in [0.4, 0.5) is 0 Å². The predicted octanol–water partition coefficient (Wildman–Crippen LogP) is 2.29. The smallest absolute Gasteiger partial charge is 0.257 e. The SMILES string of the molecule is COCCCN(CCC(=O)NC(C)C)C(=O)c1cc(C)oc1C. The van der Waals surface area contributed by atoms with Crippen molar-refractivity contribution >= 4 is 11.8 Å². The fourth-order valence-electron chi connectivity index (χ4n) is 2.36. The van der Waals surface area contributed by atoms with Crippen LogP contribution in [0.5, 0.6) is 0 Å². The van der Waals surface area contributed by atoms with Gasteiger partial charge in [0, 0.05) is 39.3 Å². The van der Waals surface area contributed by atoms with Gasteiger partial charge in [0.15, 0.2) is 0 Å². The largest absolute Gasteiger partial charge is 0.466 e. The first-order valence-corrected chi connectivity index (χ1v) is 7.99. The Kier molecular flexibility index (Phi) is 7.81. The van der Waals surface area contributed by atoms with E-state index < -0.39 is 0 Å². The molecule has 2 amide bonds. The molecule has 0 atom stereocenters. The third-order valence-corrected chi connectivity index (χ3v) is 3.39. The first-order valence-electron chi connectivity index (χ1n) is 7.99. The highest BCUT2D eigenvalue weighted by atomic mass is 16.5. The van der Waals surface area contributed by atoms with E-state index in [9.17, 15) is 9.59 Å². The molecule has 0 fully saturated rings. The Labute approximate surface area is 138 Å². The molecule has 0 saturated heterocycles. The minimum Gasteiger partial charge on any atom is -0.466 e. The number of carbonyl (C=O) groups excluding carboxylic acids is 2. The fraction of sp³-hybridized carbons (Fsp3) is 0.647. The van der Waals surface area contributed by atoms with Crippen LogP contribution in [0.25, 0.3) is 0 Å². The average Bonchev–Trinajstić information content (AvgIpc) is 2.80. The van der Waals surface area contributed by atoms with Gasteiger partial charge >= 0.3 is 0 Å². The van der Waals surface area contributed by atoms with Crippen LogP contribution in [-0.4, -0.2) is 49.6 Å². The molecule has 6 nitrogen and oxygen atoms in total. The molecule has 0 aromatic carbocycles. The van der Waals surface area contributed by atoms with Crippen LogP contribution in [0.1, 0.15) is 48.6 Å². The topological polar surface area (TPSA) is 71.8 Å². The quantitative estimate of drug-likeness (QED) is 0.708. The number of carbonyl (C=O) groups is 2. The molecular weight excluding hydrogens is 296 g/mol. The molecule has 0 bridgehead atoms. The molecule has 0 spiro atoms. The number of nitrogens with one attached hydrogen (secondary N) is 1. The van der Waals surface area contributed by atoms with Crippen molar-refractivity contribution < 1.29 is 18.7 Å². The Morgan fingerprint density at radius 1 is 1.30 bits per heavy atom. The average molecular weight is 324 g/mol. The summed E-state index contributed by atoms with van der Waals surface area (Å²) in [5.41, 5.74) is 0.559. The van der Waals surface area contributed by atoms with Crippen molar-refractivity contribution in [2.45, 2.75) is 46.6 Å². The molecular formula is C17H28N2O4. The van der Waals surface area contributed by atoms with Gasteiger partial charge in [-0.2, -0.15) is 0 Å². The maximum absolute atomic E-state index is 12.7. The van der Waals surface area contributed by atoms with E-state index >= 15 is 0 Å². The van der Waals surface area contributed by atoms with E-state index in [1.165, 1.54) is 0 Å². The molecule has 0 unspecified atom stereocenters. The second-order valence-electron chi connectivity index (χ2n) is 5.94. The van der Waals surface area contributed by atoms with Gasteiger partial charge < -0.3 is 19.4 Å². The molecule has 0 aliphatic heterocycles. The number of ether oxygens (including phenoxy) is 1. The molecule has 1 rings (SSSR count). The van der Waals surface area contributed by atoms with Crippen LogP contribution in [0, 0.1) is 13.8 Å².